The van der Waals surface area contributed by atoms with Crippen LogP contribution < -0.4 is 10.2 Å². The Morgan fingerprint density at radius 1 is 1.50 bits per heavy atom. The molecule has 0 saturated carbocycles. The maximum Gasteiger partial charge on any atom is 0.407 e. The van der Waals surface area contributed by atoms with Crippen LogP contribution in [0, 0.1) is 0 Å². The van der Waals surface area contributed by atoms with E-state index in [1.807, 2.05) is 0 Å². The third kappa shape index (κ3) is 4.36. The van der Waals surface area contributed by atoms with Gasteiger partial charge in [0.05, 0.1) is 24.7 Å². The fourth-order valence-corrected chi connectivity index (χ4v) is 2.30. The maximum atomic E-state index is 11.7. The van der Waals surface area contributed by atoms with E-state index < -0.39 is 0 Å². The van der Waals surface area contributed by atoms with Gasteiger partial charge in [-0.05, 0) is 19.3 Å². The van der Waals surface area contributed by atoms with Crippen LogP contribution in [0.2, 0.25) is 0 Å². The number of hydrogen-bond acceptors (Lipinski definition) is 5. The molecule has 110 valence electrons. The number of alkyl carbamates (subject to hydrolysis) is 1. The van der Waals surface area contributed by atoms with Crippen LogP contribution in [0.5, 0.6) is 0 Å². The second-order valence-electron chi connectivity index (χ2n) is 5.02. The molecule has 0 aromatic carbocycles. The van der Waals surface area contributed by atoms with E-state index in [-0.39, 0.29) is 12.1 Å². The maximum absolute atomic E-state index is 11.7. The first-order chi connectivity index (χ1) is 9.79. The van der Waals surface area contributed by atoms with E-state index in [9.17, 15) is 4.79 Å². The number of hydrogen-bond donors (Lipinski definition) is 1. The highest BCUT2D eigenvalue weighted by atomic mass is 16.5. The lowest BCUT2D eigenvalue weighted by molar-refractivity contribution is 0.139. The lowest BCUT2D eigenvalue weighted by Gasteiger charge is -2.34. The average molecular weight is 278 g/mol. The van der Waals surface area contributed by atoms with Crippen molar-refractivity contribution in [1.29, 1.82) is 0 Å². The van der Waals surface area contributed by atoms with Crippen molar-refractivity contribution in [3.8, 4) is 0 Å². The summed E-state index contributed by atoms with van der Waals surface area (Å²) in [5.74, 6) is 0. The number of carbonyl (C=O) groups excluding carboxylic acids is 1. The van der Waals surface area contributed by atoms with Gasteiger partial charge in [-0.2, -0.15) is 0 Å². The first-order valence-corrected chi connectivity index (χ1v) is 7.23. The van der Waals surface area contributed by atoms with Gasteiger partial charge in [0.25, 0.3) is 0 Å². The molecule has 1 aromatic rings. The standard InChI is InChI=1S/C14H22N4O2/c1-2-3-7-20-14(19)17-12-5-4-6-18(10-12)13-8-15-11-16-9-13/h8-9,11-12H,2-7,10H2,1H3,(H,17,19)/t12-/m0/s1. The quantitative estimate of drug-likeness (QED) is 0.834. The Kier molecular flexibility index (Phi) is 5.58. The molecule has 1 N–H and O–H groups in total. The normalized spacial score (nSPS) is 18.6. The number of unbranched alkanes of at least 4 members (excludes halogenated alkanes) is 1. The summed E-state index contributed by atoms with van der Waals surface area (Å²) in [7, 11) is 0. The number of nitrogens with one attached hydrogen (secondary N) is 1. The average Bonchev–Trinajstić information content (AvgIpc) is 2.49. The van der Waals surface area contributed by atoms with E-state index in [4.69, 9.17) is 4.74 Å². The highest BCUT2D eigenvalue weighted by molar-refractivity contribution is 5.67. The Labute approximate surface area is 119 Å². The molecule has 20 heavy (non-hydrogen) atoms. The summed E-state index contributed by atoms with van der Waals surface area (Å²) in [5, 5.41) is 2.93. The van der Waals surface area contributed by atoms with E-state index in [2.05, 4.69) is 27.1 Å². The van der Waals surface area contributed by atoms with Gasteiger partial charge in [-0.1, -0.05) is 13.3 Å². The SMILES string of the molecule is CCCCOC(=O)N[C@H]1CCCN(c2cncnc2)C1. The number of piperidine rings is 1. The van der Waals surface area contributed by atoms with E-state index in [0.29, 0.717) is 6.61 Å². The molecule has 1 fully saturated rings. The Balaban J connectivity index is 1.80. The van der Waals surface area contributed by atoms with Crippen molar-refractivity contribution in [3.05, 3.63) is 18.7 Å². The lowest BCUT2D eigenvalue weighted by Crippen LogP contribution is -2.48. The molecule has 1 amide bonds. The lowest BCUT2D eigenvalue weighted by atomic mass is 10.1. The van der Waals surface area contributed by atoms with Crippen molar-refractivity contribution < 1.29 is 9.53 Å². The topological polar surface area (TPSA) is 67.3 Å². The largest absolute Gasteiger partial charge is 0.450 e. The van der Waals surface area contributed by atoms with E-state index >= 15 is 0 Å². The molecule has 0 spiro atoms. The Bertz CT molecular complexity index is 413. The third-order valence-electron chi connectivity index (χ3n) is 3.39. The van der Waals surface area contributed by atoms with Crippen LogP contribution in [0.15, 0.2) is 18.7 Å². The van der Waals surface area contributed by atoms with Gasteiger partial charge in [0, 0.05) is 19.1 Å². The van der Waals surface area contributed by atoms with Gasteiger partial charge in [-0.3, -0.25) is 0 Å². The number of rotatable bonds is 5. The molecule has 6 heteroatoms. The van der Waals surface area contributed by atoms with E-state index in [0.717, 1.165) is 44.5 Å². The van der Waals surface area contributed by atoms with Crippen molar-refractivity contribution in [1.82, 2.24) is 15.3 Å². The minimum absolute atomic E-state index is 0.123. The summed E-state index contributed by atoms with van der Waals surface area (Å²) in [6, 6.07) is 0.123. The highest BCUT2D eigenvalue weighted by Crippen LogP contribution is 2.17. The summed E-state index contributed by atoms with van der Waals surface area (Å²) in [5.41, 5.74) is 0.998. The minimum Gasteiger partial charge on any atom is -0.450 e. The first kappa shape index (κ1) is 14.6. The first-order valence-electron chi connectivity index (χ1n) is 7.23. The summed E-state index contributed by atoms with van der Waals surface area (Å²) < 4.78 is 5.13. The molecular formula is C14H22N4O2. The number of anilines is 1. The highest BCUT2D eigenvalue weighted by Gasteiger charge is 2.22. The summed E-state index contributed by atoms with van der Waals surface area (Å²) in [6.45, 7) is 4.31. The fourth-order valence-electron chi connectivity index (χ4n) is 2.30. The van der Waals surface area contributed by atoms with Gasteiger partial charge in [0.2, 0.25) is 0 Å². The fraction of sp³-hybridized carbons (Fsp3) is 0.643. The van der Waals surface area contributed by atoms with Gasteiger partial charge >= 0.3 is 6.09 Å². The van der Waals surface area contributed by atoms with E-state index in [1.54, 1.807) is 12.4 Å². The zero-order chi connectivity index (χ0) is 14.2. The molecule has 0 radical (unpaired) electrons. The summed E-state index contributed by atoms with van der Waals surface area (Å²) in [4.78, 5) is 21.9. The van der Waals surface area contributed by atoms with Crippen molar-refractivity contribution in [2.75, 3.05) is 24.6 Å². The number of aromatic nitrogens is 2. The Morgan fingerprint density at radius 2 is 2.30 bits per heavy atom. The van der Waals surface area contributed by atoms with Crippen LogP contribution in [0.4, 0.5) is 10.5 Å². The molecule has 1 aromatic heterocycles. The van der Waals surface area contributed by atoms with Crippen LogP contribution in [-0.4, -0.2) is 41.8 Å². The predicted molar refractivity (Wildman–Crippen MR) is 76.7 cm³/mol. The van der Waals surface area contributed by atoms with Gasteiger partial charge in [0.1, 0.15) is 6.33 Å². The Morgan fingerprint density at radius 3 is 3.05 bits per heavy atom. The van der Waals surface area contributed by atoms with Gasteiger partial charge < -0.3 is 15.0 Å². The molecule has 1 aliphatic rings. The van der Waals surface area contributed by atoms with E-state index in [1.165, 1.54) is 6.33 Å². The van der Waals surface area contributed by atoms with Crippen LogP contribution in [-0.2, 0) is 4.74 Å². The number of nitrogens with zero attached hydrogens (tertiary/aromatic N) is 3. The van der Waals surface area contributed by atoms with Crippen molar-refractivity contribution in [2.24, 2.45) is 0 Å². The summed E-state index contributed by atoms with van der Waals surface area (Å²) >= 11 is 0. The molecule has 2 rings (SSSR count). The molecule has 2 heterocycles. The molecule has 1 saturated heterocycles. The van der Waals surface area contributed by atoms with Crippen LogP contribution in [0.1, 0.15) is 32.6 Å². The molecule has 0 aliphatic carbocycles. The smallest absolute Gasteiger partial charge is 0.407 e. The second kappa shape index (κ2) is 7.67. The molecular weight excluding hydrogens is 256 g/mol. The zero-order valence-electron chi connectivity index (χ0n) is 11.9. The monoisotopic (exact) mass is 278 g/mol. The molecule has 0 unspecified atom stereocenters. The van der Waals surface area contributed by atoms with Gasteiger partial charge in [-0.15, -0.1) is 0 Å². The number of ether oxygens (including phenoxy) is 1. The zero-order valence-corrected chi connectivity index (χ0v) is 11.9. The molecule has 6 nitrogen and oxygen atoms in total. The second-order valence-corrected chi connectivity index (χ2v) is 5.02. The molecule has 1 aliphatic heterocycles. The number of carbonyl (C=O) groups is 1. The van der Waals surface area contributed by atoms with Crippen LogP contribution in [0.3, 0.4) is 0 Å². The predicted octanol–water partition coefficient (Wildman–Crippen LogP) is 1.97. The van der Waals surface area contributed by atoms with Gasteiger partial charge in [0.15, 0.2) is 0 Å². The molecule has 1 atom stereocenters. The van der Waals surface area contributed by atoms with Crippen molar-refractivity contribution >= 4 is 11.8 Å². The molecule has 0 bridgehead atoms. The Hall–Kier alpha value is -1.85. The van der Waals surface area contributed by atoms with Crippen LogP contribution in [0.25, 0.3) is 0 Å². The van der Waals surface area contributed by atoms with Crippen LogP contribution >= 0.6 is 0 Å². The number of amides is 1. The minimum atomic E-state index is -0.311. The summed E-state index contributed by atoms with van der Waals surface area (Å²) in [6.07, 6.45) is 8.76. The van der Waals surface area contributed by atoms with Gasteiger partial charge in [-0.25, -0.2) is 14.8 Å². The van der Waals surface area contributed by atoms with Crippen molar-refractivity contribution in [2.45, 2.75) is 38.6 Å². The van der Waals surface area contributed by atoms with Crippen molar-refractivity contribution in [3.63, 3.8) is 0 Å². The third-order valence-corrected chi connectivity index (χ3v) is 3.39.